The summed E-state index contributed by atoms with van der Waals surface area (Å²) in [7, 11) is 1.84. The van der Waals surface area contributed by atoms with Crippen LogP contribution in [0.3, 0.4) is 0 Å². The van der Waals surface area contributed by atoms with Crippen molar-refractivity contribution in [3.8, 4) is 17.0 Å². The van der Waals surface area contributed by atoms with Crippen molar-refractivity contribution >= 4 is 62.0 Å². The van der Waals surface area contributed by atoms with Crippen molar-refractivity contribution in [2.75, 3.05) is 43.9 Å². The summed E-state index contributed by atoms with van der Waals surface area (Å²) < 4.78 is 34.6. The van der Waals surface area contributed by atoms with Gasteiger partial charge in [0.2, 0.25) is 11.8 Å². The van der Waals surface area contributed by atoms with Crippen molar-refractivity contribution in [3.05, 3.63) is 53.1 Å². The lowest BCUT2D eigenvalue weighted by Crippen LogP contribution is -2.43. The monoisotopic (exact) mass is 614 g/mol. The van der Waals surface area contributed by atoms with Gasteiger partial charge in [-0.1, -0.05) is 12.5 Å². The Kier molecular flexibility index (Phi) is 7.94. The Morgan fingerprint density at radius 3 is 2.61 bits per heavy atom. The van der Waals surface area contributed by atoms with E-state index < -0.39 is 15.4 Å². The molecule has 1 saturated carbocycles. The summed E-state index contributed by atoms with van der Waals surface area (Å²) in [6, 6.07) is 7.63. The van der Waals surface area contributed by atoms with Crippen LogP contribution in [0.2, 0.25) is 0 Å². The molecule has 10 nitrogen and oxygen atoms in total. The predicted octanol–water partition coefficient (Wildman–Crippen LogP) is 4.70. The molecule has 1 aliphatic heterocycles. The molecule has 2 aliphatic rings. The fraction of sp³-hybridized carbons (Fsp3) is 0.357. The number of aromatic nitrogens is 3. The van der Waals surface area contributed by atoms with Crippen molar-refractivity contribution in [1.82, 2.24) is 19.9 Å². The molecule has 0 saturated heterocycles. The van der Waals surface area contributed by atoms with Crippen LogP contribution in [0.1, 0.15) is 31.2 Å². The van der Waals surface area contributed by atoms with Gasteiger partial charge in [-0.25, -0.2) is 9.97 Å². The number of hydrogen-bond acceptors (Lipinski definition) is 9. The van der Waals surface area contributed by atoms with Crippen LogP contribution in [0.15, 0.2) is 52.6 Å². The quantitative estimate of drug-likeness (QED) is 0.270. The van der Waals surface area contributed by atoms with Crippen LogP contribution >= 0.6 is 23.7 Å². The lowest BCUT2D eigenvalue weighted by atomic mass is 9.64. The Bertz CT molecular complexity index is 1710. The van der Waals surface area contributed by atoms with Gasteiger partial charge in [0.1, 0.15) is 5.69 Å². The molecular weight excluding hydrogens is 584 g/mol. The highest BCUT2D eigenvalue weighted by Crippen LogP contribution is 2.55. The van der Waals surface area contributed by atoms with Gasteiger partial charge in [0.05, 0.1) is 34.9 Å². The second kappa shape index (κ2) is 11.2. The molecule has 4 aromatic rings. The lowest BCUT2D eigenvalue weighted by Gasteiger charge is -2.37. The minimum atomic E-state index is -3.93. The third-order valence-corrected chi connectivity index (χ3v) is 9.71. The Morgan fingerprint density at radius 2 is 1.93 bits per heavy atom. The van der Waals surface area contributed by atoms with E-state index in [9.17, 15) is 13.2 Å². The third kappa shape index (κ3) is 5.14. The number of nitrogens with zero attached hydrogens (tertiary/aromatic N) is 5. The van der Waals surface area contributed by atoms with Gasteiger partial charge in [0, 0.05) is 41.7 Å². The van der Waals surface area contributed by atoms with Crippen molar-refractivity contribution < 1.29 is 17.9 Å². The van der Waals surface area contributed by atoms with Crippen molar-refractivity contribution in [2.45, 2.75) is 36.1 Å². The lowest BCUT2D eigenvalue weighted by molar-refractivity contribution is -0.125. The van der Waals surface area contributed by atoms with E-state index >= 15 is 0 Å². The maximum atomic E-state index is 13.2. The van der Waals surface area contributed by atoms with Gasteiger partial charge >= 0.3 is 0 Å². The number of ether oxygens (including phenoxy) is 1. The van der Waals surface area contributed by atoms with Crippen molar-refractivity contribution in [3.63, 3.8) is 0 Å². The molecule has 1 spiro atoms. The number of sulfonamides is 1. The highest BCUT2D eigenvalue weighted by molar-refractivity contribution is 7.92. The first-order valence-corrected chi connectivity index (χ1v) is 15.5. The van der Waals surface area contributed by atoms with Gasteiger partial charge in [-0.15, -0.1) is 23.7 Å². The van der Waals surface area contributed by atoms with Crippen molar-refractivity contribution in [1.29, 1.82) is 0 Å². The molecule has 1 aromatic carbocycles. The minimum absolute atomic E-state index is 0. The van der Waals surface area contributed by atoms with E-state index in [1.165, 1.54) is 22.2 Å². The number of rotatable bonds is 9. The summed E-state index contributed by atoms with van der Waals surface area (Å²) in [6.07, 6.45) is 6.90. The van der Waals surface area contributed by atoms with Gasteiger partial charge < -0.3 is 14.5 Å². The highest BCUT2D eigenvalue weighted by atomic mass is 35.5. The normalized spacial score (nSPS) is 15.6. The molecule has 1 fully saturated rings. The first-order chi connectivity index (χ1) is 19.2. The van der Waals surface area contributed by atoms with Crippen LogP contribution in [0, 0.1) is 0 Å². The summed E-state index contributed by atoms with van der Waals surface area (Å²) in [6.45, 7) is 1.21. The molecule has 0 bridgehead atoms. The van der Waals surface area contributed by atoms with E-state index in [4.69, 9.17) is 4.74 Å². The van der Waals surface area contributed by atoms with Gasteiger partial charge in [-0.05, 0) is 57.1 Å². The average Bonchev–Trinajstić information content (AvgIpc) is 3.53. The van der Waals surface area contributed by atoms with Crippen LogP contribution in [0.4, 0.5) is 11.4 Å². The van der Waals surface area contributed by atoms with E-state index in [0.29, 0.717) is 12.2 Å². The largest absolute Gasteiger partial charge is 0.476 e. The second-order valence-corrected chi connectivity index (χ2v) is 12.9. The maximum absolute atomic E-state index is 13.2. The fourth-order valence-electron chi connectivity index (χ4n) is 5.53. The van der Waals surface area contributed by atoms with Crippen molar-refractivity contribution in [2.24, 2.45) is 0 Å². The number of carbonyl (C=O) groups is 1. The number of anilines is 2. The summed E-state index contributed by atoms with van der Waals surface area (Å²) >= 11 is 1.20. The SMILES string of the molecule is CN(C)CCCOc1ncc(-c2ccc3ncc4c(c3c2)C2(CCC2)C(=O)N4C)cc1NS(=O)(=O)c1cscn1.Cl. The number of carbonyl (C=O) groups excluding carboxylic acids is 1. The molecule has 0 radical (unpaired) electrons. The molecule has 1 amide bonds. The zero-order chi connectivity index (χ0) is 28.1. The summed E-state index contributed by atoms with van der Waals surface area (Å²) in [5, 5.41) is 2.34. The Morgan fingerprint density at radius 1 is 1.12 bits per heavy atom. The number of fused-ring (bicyclic) bond motifs is 4. The molecule has 216 valence electrons. The van der Waals surface area contributed by atoms with Crippen LogP contribution in [0.5, 0.6) is 5.88 Å². The Labute approximate surface area is 249 Å². The number of halogens is 1. The summed E-state index contributed by atoms with van der Waals surface area (Å²) in [4.78, 5) is 30.1. The molecule has 1 N–H and O–H groups in total. The number of hydrogen-bond donors (Lipinski definition) is 1. The summed E-state index contributed by atoms with van der Waals surface area (Å²) in [5.74, 6) is 0.329. The number of amides is 1. The maximum Gasteiger partial charge on any atom is 0.280 e. The zero-order valence-electron chi connectivity index (χ0n) is 23.0. The Hall–Kier alpha value is -3.32. The molecule has 3 aromatic heterocycles. The van der Waals surface area contributed by atoms with Crippen LogP contribution in [0.25, 0.3) is 22.0 Å². The van der Waals surface area contributed by atoms with Crippen LogP contribution in [-0.2, 0) is 20.2 Å². The van der Waals surface area contributed by atoms with Gasteiger partial charge in [0.15, 0.2) is 5.03 Å². The molecule has 0 atom stereocenters. The number of thiazole rings is 1. The molecule has 1 aliphatic carbocycles. The minimum Gasteiger partial charge on any atom is -0.476 e. The van der Waals surface area contributed by atoms with E-state index in [-0.39, 0.29) is 34.9 Å². The summed E-state index contributed by atoms with van der Waals surface area (Å²) in [5.41, 5.74) is 5.46. The number of likely N-dealkylation sites (N-methyl/N-ethyl adjacent to an activating group) is 1. The molecule has 4 heterocycles. The van der Waals surface area contributed by atoms with Gasteiger partial charge in [-0.3, -0.25) is 14.5 Å². The first kappa shape index (κ1) is 29.2. The van der Waals surface area contributed by atoms with E-state index in [1.807, 2.05) is 39.3 Å². The first-order valence-electron chi connectivity index (χ1n) is 13.1. The number of nitrogens with one attached hydrogen (secondary N) is 1. The molecule has 0 unspecified atom stereocenters. The zero-order valence-corrected chi connectivity index (χ0v) is 25.4. The Balaban J connectivity index is 0.00000337. The molecule has 13 heteroatoms. The van der Waals surface area contributed by atoms with E-state index in [1.54, 1.807) is 23.4 Å². The highest BCUT2D eigenvalue weighted by Gasteiger charge is 2.54. The van der Waals surface area contributed by atoms with Gasteiger partial charge in [0.25, 0.3) is 10.0 Å². The number of pyridine rings is 2. The number of benzene rings is 1. The third-order valence-electron chi connectivity index (χ3n) is 7.71. The average molecular weight is 615 g/mol. The fourth-order valence-corrected chi connectivity index (χ4v) is 7.41. The van der Waals surface area contributed by atoms with E-state index in [0.717, 1.165) is 59.9 Å². The smallest absolute Gasteiger partial charge is 0.280 e. The standard InChI is InChI=1S/C28H30N6O4S2.ClH/c1-33(2)10-5-11-38-26-22(32-40(36,37)24-16-39-17-31-24)13-19(14-30-26)18-6-7-21-20(12-18)25-23(15-29-21)34(3)27(35)28(25)8-4-9-28;/h6-7,12-17,32H,4-5,8-11H2,1-3H3;1H. The molecule has 41 heavy (non-hydrogen) atoms. The van der Waals surface area contributed by atoms with Crippen LogP contribution < -0.4 is 14.4 Å². The van der Waals surface area contributed by atoms with Crippen LogP contribution in [-0.4, -0.2) is 68.5 Å². The second-order valence-electron chi connectivity index (χ2n) is 10.6. The van der Waals surface area contributed by atoms with E-state index in [2.05, 4.69) is 24.6 Å². The predicted molar refractivity (Wildman–Crippen MR) is 163 cm³/mol. The topological polar surface area (TPSA) is 118 Å². The molecular formula is C28H31ClN6O4S2. The van der Waals surface area contributed by atoms with Gasteiger partial charge in [-0.2, -0.15) is 8.42 Å². The molecule has 6 rings (SSSR count).